The van der Waals surface area contributed by atoms with Crippen LogP contribution < -0.4 is 0 Å². The molecule has 0 bridgehead atoms. The molecule has 0 radical (unpaired) electrons. The predicted octanol–water partition coefficient (Wildman–Crippen LogP) is 3.32. The maximum Gasteiger partial charge on any atom is 0.327 e. The number of hydrogen-bond donors (Lipinski definition) is 0. The highest BCUT2D eigenvalue weighted by atomic mass is 79.9. The molecule has 0 aliphatic heterocycles. The third-order valence-corrected chi connectivity index (χ3v) is 3.72. The van der Waals surface area contributed by atoms with E-state index in [1.165, 1.54) is 0 Å². The number of aromatic nitrogens is 2. The van der Waals surface area contributed by atoms with Gasteiger partial charge in [0.2, 0.25) is 0 Å². The SMILES string of the molecule is CCOC(=O)Cn1cc2c(Cl)cc(Br)c(C)c2n1. The van der Waals surface area contributed by atoms with Crippen molar-refractivity contribution in [3.63, 3.8) is 0 Å². The fraction of sp³-hybridized carbons (Fsp3) is 0.333. The van der Waals surface area contributed by atoms with E-state index in [4.69, 9.17) is 16.3 Å². The minimum absolute atomic E-state index is 0.0932. The van der Waals surface area contributed by atoms with Crippen LogP contribution in [0, 0.1) is 6.92 Å². The maximum atomic E-state index is 11.4. The molecule has 1 heterocycles. The molecule has 4 nitrogen and oxygen atoms in total. The summed E-state index contributed by atoms with van der Waals surface area (Å²) in [5.41, 5.74) is 1.79. The molecule has 0 saturated carbocycles. The van der Waals surface area contributed by atoms with Gasteiger partial charge in [0, 0.05) is 16.1 Å². The van der Waals surface area contributed by atoms with E-state index in [0.717, 1.165) is 20.9 Å². The summed E-state index contributed by atoms with van der Waals surface area (Å²) in [6, 6.07) is 1.83. The van der Waals surface area contributed by atoms with Crippen LogP contribution in [0.4, 0.5) is 0 Å². The Morgan fingerprint density at radius 2 is 2.33 bits per heavy atom. The molecule has 0 fully saturated rings. The number of hydrogen-bond acceptors (Lipinski definition) is 3. The normalized spacial score (nSPS) is 10.9. The molecule has 2 aromatic rings. The summed E-state index contributed by atoms with van der Waals surface area (Å²) in [5.74, 6) is -0.307. The lowest BCUT2D eigenvalue weighted by molar-refractivity contribution is -0.144. The van der Waals surface area contributed by atoms with E-state index in [-0.39, 0.29) is 12.5 Å². The van der Waals surface area contributed by atoms with Crippen LogP contribution >= 0.6 is 27.5 Å². The van der Waals surface area contributed by atoms with Crippen molar-refractivity contribution in [2.45, 2.75) is 20.4 Å². The van der Waals surface area contributed by atoms with Gasteiger partial charge in [-0.05, 0) is 25.5 Å². The molecule has 6 heteroatoms. The molecule has 0 saturated heterocycles. The first kappa shape index (κ1) is 13.4. The van der Waals surface area contributed by atoms with Gasteiger partial charge in [0.25, 0.3) is 0 Å². The van der Waals surface area contributed by atoms with Crippen LogP contribution in [0.25, 0.3) is 10.9 Å². The summed E-state index contributed by atoms with van der Waals surface area (Å²) in [6.45, 7) is 4.18. The van der Waals surface area contributed by atoms with Gasteiger partial charge < -0.3 is 4.74 Å². The number of fused-ring (bicyclic) bond motifs is 1. The summed E-state index contributed by atoms with van der Waals surface area (Å²) >= 11 is 9.57. The number of rotatable bonds is 3. The predicted molar refractivity (Wildman–Crippen MR) is 73.8 cm³/mol. The van der Waals surface area contributed by atoms with Gasteiger partial charge in [-0.1, -0.05) is 27.5 Å². The molecular formula is C12H12BrClN2O2. The molecule has 1 aromatic carbocycles. The van der Waals surface area contributed by atoms with E-state index >= 15 is 0 Å². The highest BCUT2D eigenvalue weighted by Crippen LogP contribution is 2.31. The summed E-state index contributed by atoms with van der Waals surface area (Å²) in [7, 11) is 0. The van der Waals surface area contributed by atoms with Gasteiger partial charge in [0.15, 0.2) is 0 Å². The number of nitrogens with zero attached hydrogens (tertiary/aromatic N) is 2. The molecule has 2 rings (SSSR count). The number of aryl methyl sites for hydroxylation is 1. The van der Waals surface area contributed by atoms with Crippen molar-refractivity contribution in [1.82, 2.24) is 9.78 Å². The van der Waals surface area contributed by atoms with Crippen molar-refractivity contribution in [3.8, 4) is 0 Å². The van der Waals surface area contributed by atoms with Gasteiger partial charge in [-0.2, -0.15) is 5.10 Å². The van der Waals surface area contributed by atoms with Crippen LogP contribution in [0.5, 0.6) is 0 Å². The Balaban J connectivity index is 2.41. The van der Waals surface area contributed by atoms with Gasteiger partial charge >= 0.3 is 5.97 Å². The topological polar surface area (TPSA) is 44.1 Å². The summed E-state index contributed by atoms with van der Waals surface area (Å²) in [6.07, 6.45) is 1.76. The molecule has 0 aliphatic rings. The van der Waals surface area contributed by atoms with Gasteiger partial charge in [-0.3, -0.25) is 9.48 Å². The minimum atomic E-state index is -0.307. The molecular weight excluding hydrogens is 320 g/mol. The number of carbonyl (C=O) groups excluding carboxylic acids is 1. The quantitative estimate of drug-likeness (QED) is 0.810. The monoisotopic (exact) mass is 330 g/mol. The maximum absolute atomic E-state index is 11.4. The van der Waals surface area contributed by atoms with Crippen molar-refractivity contribution in [1.29, 1.82) is 0 Å². The zero-order valence-electron chi connectivity index (χ0n) is 10.0. The Morgan fingerprint density at radius 1 is 1.61 bits per heavy atom. The average Bonchev–Trinajstić information content (AvgIpc) is 2.71. The second-order valence-corrected chi connectivity index (χ2v) is 5.12. The number of ether oxygens (including phenoxy) is 1. The lowest BCUT2D eigenvalue weighted by Gasteiger charge is -2.01. The lowest BCUT2D eigenvalue weighted by Crippen LogP contribution is -2.13. The van der Waals surface area contributed by atoms with Gasteiger partial charge in [-0.15, -0.1) is 0 Å². The van der Waals surface area contributed by atoms with Gasteiger partial charge in [0.05, 0.1) is 17.1 Å². The zero-order valence-corrected chi connectivity index (χ0v) is 12.4. The van der Waals surface area contributed by atoms with E-state index in [9.17, 15) is 4.79 Å². The Bertz CT molecular complexity index is 610. The van der Waals surface area contributed by atoms with Crippen LogP contribution in [-0.4, -0.2) is 22.4 Å². The highest BCUT2D eigenvalue weighted by molar-refractivity contribution is 9.10. The largest absolute Gasteiger partial charge is 0.465 e. The Kier molecular flexibility index (Phi) is 3.92. The highest BCUT2D eigenvalue weighted by Gasteiger charge is 2.12. The number of esters is 1. The molecule has 0 spiro atoms. The Labute approximate surface area is 118 Å². The van der Waals surface area contributed by atoms with Crippen LogP contribution in [-0.2, 0) is 16.1 Å². The van der Waals surface area contributed by atoms with Crippen molar-refractivity contribution in [2.75, 3.05) is 6.61 Å². The van der Waals surface area contributed by atoms with Gasteiger partial charge in [-0.25, -0.2) is 0 Å². The average molecular weight is 332 g/mol. The molecule has 0 aliphatic carbocycles. The molecule has 18 heavy (non-hydrogen) atoms. The molecule has 0 atom stereocenters. The van der Waals surface area contributed by atoms with Crippen molar-refractivity contribution in [2.24, 2.45) is 0 Å². The van der Waals surface area contributed by atoms with Crippen molar-refractivity contribution < 1.29 is 9.53 Å². The third-order valence-electron chi connectivity index (χ3n) is 2.58. The summed E-state index contributed by atoms with van der Waals surface area (Å²) < 4.78 is 7.34. The lowest BCUT2D eigenvalue weighted by atomic mass is 10.2. The molecule has 0 amide bonds. The summed E-state index contributed by atoms with van der Waals surface area (Å²) in [5, 5.41) is 5.80. The zero-order chi connectivity index (χ0) is 13.3. The fourth-order valence-corrected chi connectivity index (χ4v) is 2.50. The first-order valence-electron chi connectivity index (χ1n) is 5.50. The van der Waals surface area contributed by atoms with E-state index in [2.05, 4.69) is 21.0 Å². The molecule has 96 valence electrons. The van der Waals surface area contributed by atoms with Crippen molar-refractivity contribution >= 4 is 44.4 Å². The smallest absolute Gasteiger partial charge is 0.327 e. The minimum Gasteiger partial charge on any atom is -0.465 e. The second-order valence-electron chi connectivity index (χ2n) is 3.86. The second kappa shape index (κ2) is 5.28. The third kappa shape index (κ3) is 2.52. The van der Waals surface area contributed by atoms with E-state index in [0.29, 0.717) is 11.6 Å². The first-order chi connectivity index (χ1) is 8.52. The van der Waals surface area contributed by atoms with Crippen LogP contribution in [0.3, 0.4) is 0 Å². The van der Waals surface area contributed by atoms with Crippen molar-refractivity contribution in [3.05, 3.63) is 27.3 Å². The van der Waals surface area contributed by atoms with Crippen LogP contribution in [0.15, 0.2) is 16.7 Å². The molecule has 0 unspecified atom stereocenters. The number of halogens is 2. The van der Waals surface area contributed by atoms with E-state index in [1.54, 1.807) is 17.8 Å². The van der Waals surface area contributed by atoms with E-state index < -0.39 is 0 Å². The summed E-state index contributed by atoms with van der Waals surface area (Å²) in [4.78, 5) is 11.4. The number of benzene rings is 1. The molecule has 0 N–H and O–H groups in total. The number of carbonyl (C=O) groups is 1. The Hall–Kier alpha value is -1.07. The van der Waals surface area contributed by atoms with Gasteiger partial charge in [0.1, 0.15) is 6.54 Å². The standard InChI is InChI=1S/C12H12BrClN2O2/c1-3-18-11(17)6-16-5-8-10(14)4-9(13)7(2)12(8)15-16/h4-5H,3,6H2,1-2H3. The first-order valence-corrected chi connectivity index (χ1v) is 6.67. The van der Waals surface area contributed by atoms with Crippen LogP contribution in [0.2, 0.25) is 5.02 Å². The van der Waals surface area contributed by atoms with E-state index in [1.807, 2.05) is 13.0 Å². The Morgan fingerprint density at radius 3 is 3.00 bits per heavy atom. The van der Waals surface area contributed by atoms with Crippen LogP contribution in [0.1, 0.15) is 12.5 Å². The fourth-order valence-electron chi connectivity index (χ4n) is 1.70. The molecule has 1 aromatic heterocycles.